The average molecular weight is 457 g/mol. The van der Waals surface area contributed by atoms with Gasteiger partial charge in [-0.15, -0.1) is 0 Å². The molecule has 0 unspecified atom stereocenters. The van der Waals surface area contributed by atoms with E-state index in [0.29, 0.717) is 0 Å². The van der Waals surface area contributed by atoms with E-state index in [-0.39, 0.29) is 0 Å². The monoisotopic (exact) mass is 456 g/mol. The van der Waals surface area contributed by atoms with Crippen molar-refractivity contribution < 1.29 is 18.9 Å². The number of ether oxygens (including phenoxy) is 4. The lowest BCUT2D eigenvalue weighted by Crippen LogP contribution is -2.02. The van der Waals surface area contributed by atoms with E-state index in [0.717, 1.165) is 107 Å². The topological polar surface area (TPSA) is 36.9 Å². The van der Waals surface area contributed by atoms with E-state index in [1.165, 1.54) is 11.1 Å². The minimum atomic E-state index is 0.727. The fraction of sp³-hybridized carbons (Fsp3) is 0.586. The molecule has 0 heterocycles. The van der Waals surface area contributed by atoms with Crippen LogP contribution in [0, 0.1) is 0 Å². The summed E-state index contributed by atoms with van der Waals surface area (Å²) in [6.45, 7) is 11.6. The maximum atomic E-state index is 6.02. The van der Waals surface area contributed by atoms with Gasteiger partial charge in [-0.3, -0.25) is 0 Å². The van der Waals surface area contributed by atoms with Crippen molar-refractivity contribution in [2.24, 2.45) is 0 Å². The molecule has 0 N–H and O–H groups in total. The maximum absolute atomic E-state index is 6.02. The number of unbranched alkanes of at least 4 members (excludes halogenated alkanes) is 4. The Bertz CT molecular complexity index is 665. The molecule has 0 radical (unpaired) electrons. The van der Waals surface area contributed by atoms with Gasteiger partial charge in [-0.05, 0) is 67.5 Å². The molecule has 2 aromatic carbocycles. The Kier molecular flexibility index (Phi) is 13.3. The Morgan fingerprint density at radius 2 is 0.697 bits per heavy atom. The second-order valence-corrected chi connectivity index (χ2v) is 8.61. The molecule has 33 heavy (non-hydrogen) atoms. The third kappa shape index (κ3) is 10.9. The lowest BCUT2D eigenvalue weighted by atomic mass is 10.0. The van der Waals surface area contributed by atoms with E-state index < -0.39 is 0 Å². The van der Waals surface area contributed by atoms with E-state index in [1.807, 2.05) is 12.1 Å². The van der Waals surface area contributed by atoms with E-state index in [2.05, 4.69) is 52.0 Å². The van der Waals surface area contributed by atoms with Crippen molar-refractivity contribution >= 4 is 0 Å². The summed E-state index contributed by atoms with van der Waals surface area (Å²) >= 11 is 0. The van der Waals surface area contributed by atoms with E-state index in [9.17, 15) is 0 Å². The standard InChI is InChI=1S/C29H44O4/c1-5-9-13-30-26-18-24(19-27(22-26)31-14-10-6-2)17-25-20-28(32-15-11-7-3)23-29(21-25)33-16-12-8-4/h18-23H,5-17H2,1-4H3. The van der Waals surface area contributed by atoms with Crippen molar-refractivity contribution in [2.75, 3.05) is 26.4 Å². The molecule has 0 bridgehead atoms. The van der Waals surface area contributed by atoms with Gasteiger partial charge in [0.2, 0.25) is 0 Å². The number of hydrogen-bond acceptors (Lipinski definition) is 4. The Morgan fingerprint density at radius 1 is 0.424 bits per heavy atom. The third-order valence-electron chi connectivity index (χ3n) is 5.35. The fourth-order valence-electron chi connectivity index (χ4n) is 3.37. The normalized spacial score (nSPS) is 10.8. The molecule has 0 saturated carbocycles. The maximum Gasteiger partial charge on any atom is 0.123 e. The first kappa shape index (κ1) is 26.9. The van der Waals surface area contributed by atoms with Crippen molar-refractivity contribution in [3.05, 3.63) is 47.5 Å². The van der Waals surface area contributed by atoms with Crippen LogP contribution in [0.4, 0.5) is 0 Å². The second-order valence-electron chi connectivity index (χ2n) is 8.61. The predicted octanol–water partition coefficient (Wildman–Crippen LogP) is 7.99. The number of rotatable bonds is 18. The Morgan fingerprint density at radius 3 is 0.939 bits per heavy atom. The quantitative estimate of drug-likeness (QED) is 0.213. The highest BCUT2D eigenvalue weighted by Crippen LogP contribution is 2.29. The highest BCUT2D eigenvalue weighted by atomic mass is 16.5. The van der Waals surface area contributed by atoms with Crippen LogP contribution in [-0.2, 0) is 6.42 Å². The lowest BCUT2D eigenvalue weighted by Gasteiger charge is -2.14. The van der Waals surface area contributed by atoms with Gasteiger partial charge in [0.15, 0.2) is 0 Å². The van der Waals surface area contributed by atoms with Crippen LogP contribution in [-0.4, -0.2) is 26.4 Å². The van der Waals surface area contributed by atoms with Crippen molar-refractivity contribution in [1.29, 1.82) is 0 Å². The van der Waals surface area contributed by atoms with Gasteiger partial charge in [0.05, 0.1) is 26.4 Å². The zero-order chi connectivity index (χ0) is 23.7. The van der Waals surface area contributed by atoms with Crippen molar-refractivity contribution in [2.45, 2.75) is 85.5 Å². The summed E-state index contributed by atoms with van der Waals surface area (Å²) in [5, 5.41) is 0. The first-order valence-corrected chi connectivity index (χ1v) is 13.0. The first-order valence-electron chi connectivity index (χ1n) is 13.0. The molecule has 0 aliphatic carbocycles. The molecule has 0 aliphatic rings. The van der Waals surface area contributed by atoms with Crippen LogP contribution in [0.3, 0.4) is 0 Å². The lowest BCUT2D eigenvalue weighted by molar-refractivity contribution is 0.293. The predicted molar refractivity (Wildman–Crippen MR) is 137 cm³/mol. The summed E-state index contributed by atoms with van der Waals surface area (Å²) < 4.78 is 24.1. The minimum absolute atomic E-state index is 0.727. The Hall–Kier alpha value is -2.36. The average Bonchev–Trinajstić information content (AvgIpc) is 2.80. The molecule has 0 spiro atoms. The summed E-state index contributed by atoms with van der Waals surface area (Å²) in [6.07, 6.45) is 9.42. The van der Waals surface area contributed by atoms with Gasteiger partial charge in [-0.2, -0.15) is 0 Å². The molecule has 0 aromatic heterocycles. The second kappa shape index (κ2) is 16.3. The molecular weight excluding hydrogens is 412 g/mol. The molecule has 0 aliphatic heterocycles. The molecule has 0 amide bonds. The molecule has 2 aromatic rings. The smallest absolute Gasteiger partial charge is 0.123 e. The minimum Gasteiger partial charge on any atom is -0.493 e. The zero-order valence-electron chi connectivity index (χ0n) is 21.3. The van der Waals surface area contributed by atoms with Crippen LogP contribution in [0.1, 0.15) is 90.2 Å². The summed E-state index contributed by atoms with van der Waals surface area (Å²) in [4.78, 5) is 0. The Balaban J connectivity index is 2.22. The van der Waals surface area contributed by atoms with Crippen LogP contribution in [0.5, 0.6) is 23.0 Å². The van der Waals surface area contributed by atoms with E-state index in [1.54, 1.807) is 0 Å². The largest absolute Gasteiger partial charge is 0.493 e. The van der Waals surface area contributed by atoms with Crippen LogP contribution in [0.2, 0.25) is 0 Å². The molecule has 0 saturated heterocycles. The van der Waals surface area contributed by atoms with Crippen molar-refractivity contribution in [3.8, 4) is 23.0 Å². The molecule has 4 nitrogen and oxygen atoms in total. The first-order chi connectivity index (χ1) is 16.2. The van der Waals surface area contributed by atoms with Crippen LogP contribution in [0.25, 0.3) is 0 Å². The van der Waals surface area contributed by atoms with Crippen molar-refractivity contribution in [1.82, 2.24) is 0 Å². The number of benzene rings is 2. The van der Waals surface area contributed by atoms with Crippen LogP contribution < -0.4 is 18.9 Å². The molecular formula is C29H44O4. The molecule has 0 fully saturated rings. The van der Waals surface area contributed by atoms with Crippen molar-refractivity contribution in [3.63, 3.8) is 0 Å². The molecule has 2 rings (SSSR count). The van der Waals surface area contributed by atoms with Gasteiger partial charge in [0, 0.05) is 12.1 Å². The fourth-order valence-corrected chi connectivity index (χ4v) is 3.37. The van der Waals surface area contributed by atoms with E-state index in [4.69, 9.17) is 18.9 Å². The third-order valence-corrected chi connectivity index (χ3v) is 5.35. The van der Waals surface area contributed by atoms with Gasteiger partial charge < -0.3 is 18.9 Å². The Labute approximate surface area is 201 Å². The zero-order valence-corrected chi connectivity index (χ0v) is 21.3. The summed E-state index contributed by atoms with van der Waals surface area (Å²) in [7, 11) is 0. The highest BCUT2D eigenvalue weighted by molar-refractivity contribution is 5.44. The highest BCUT2D eigenvalue weighted by Gasteiger charge is 2.09. The van der Waals surface area contributed by atoms with Crippen LogP contribution in [0.15, 0.2) is 36.4 Å². The van der Waals surface area contributed by atoms with Crippen LogP contribution >= 0.6 is 0 Å². The van der Waals surface area contributed by atoms with Gasteiger partial charge in [-0.1, -0.05) is 53.4 Å². The molecule has 4 heteroatoms. The van der Waals surface area contributed by atoms with Gasteiger partial charge in [0.25, 0.3) is 0 Å². The SMILES string of the molecule is CCCCOc1cc(Cc2cc(OCCCC)cc(OCCCC)c2)cc(OCCCC)c1. The summed E-state index contributed by atoms with van der Waals surface area (Å²) in [6, 6.07) is 12.5. The summed E-state index contributed by atoms with van der Waals surface area (Å²) in [5.74, 6) is 3.51. The summed E-state index contributed by atoms with van der Waals surface area (Å²) in [5.41, 5.74) is 2.33. The van der Waals surface area contributed by atoms with Gasteiger partial charge in [-0.25, -0.2) is 0 Å². The van der Waals surface area contributed by atoms with E-state index >= 15 is 0 Å². The number of hydrogen-bond donors (Lipinski definition) is 0. The van der Waals surface area contributed by atoms with Gasteiger partial charge >= 0.3 is 0 Å². The molecule has 0 atom stereocenters. The molecule has 184 valence electrons. The van der Waals surface area contributed by atoms with Gasteiger partial charge in [0.1, 0.15) is 23.0 Å².